The number of para-hydroxylation sites is 1. The van der Waals surface area contributed by atoms with E-state index < -0.39 is 0 Å². The quantitative estimate of drug-likeness (QED) is 0.439. The molecule has 0 unspecified atom stereocenters. The van der Waals surface area contributed by atoms with Gasteiger partial charge in [-0.05, 0) is 22.8 Å². The van der Waals surface area contributed by atoms with Gasteiger partial charge in [-0.15, -0.1) is 0 Å². The number of H-pyrrole nitrogens is 1. The molecular formula is C26H27N3O. The van der Waals surface area contributed by atoms with E-state index in [4.69, 9.17) is 5.73 Å². The largest absolute Gasteiger partial charge is 0.369 e. The fourth-order valence-corrected chi connectivity index (χ4v) is 4.01. The molecule has 0 fully saturated rings. The fourth-order valence-electron chi connectivity index (χ4n) is 4.01. The minimum Gasteiger partial charge on any atom is -0.369 e. The van der Waals surface area contributed by atoms with Crippen LogP contribution in [0.5, 0.6) is 0 Å². The molecule has 0 aliphatic heterocycles. The Hall–Kier alpha value is -3.37. The van der Waals surface area contributed by atoms with Crippen molar-refractivity contribution in [1.82, 2.24) is 9.88 Å². The second-order valence-electron chi connectivity index (χ2n) is 7.70. The van der Waals surface area contributed by atoms with Gasteiger partial charge in [-0.25, -0.2) is 0 Å². The van der Waals surface area contributed by atoms with Gasteiger partial charge in [0.05, 0.1) is 6.42 Å². The van der Waals surface area contributed by atoms with E-state index in [2.05, 4.69) is 70.5 Å². The Morgan fingerprint density at radius 2 is 1.37 bits per heavy atom. The smallest absolute Gasteiger partial charge is 0.221 e. The molecule has 0 bridgehead atoms. The van der Waals surface area contributed by atoms with Gasteiger partial charge in [0.15, 0.2) is 0 Å². The first-order valence-corrected chi connectivity index (χ1v) is 10.4. The number of aromatic amines is 1. The van der Waals surface area contributed by atoms with Crippen molar-refractivity contribution in [3.05, 3.63) is 107 Å². The molecule has 0 saturated heterocycles. The van der Waals surface area contributed by atoms with Gasteiger partial charge in [-0.1, -0.05) is 78.9 Å². The van der Waals surface area contributed by atoms with E-state index in [0.717, 1.165) is 48.2 Å². The van der Waals surface area contributed by atoms with E-state index in [1.807, 2.05) is 24.3 Å². The summed E-state index contributed by atoms with van der Waals surface area (Å²) in [4.78, 5) is 17.6. The number of carbonyl (C=O) groups is 1. The number of rotatable bonds is 9. The number of aromatic nitrogens is 1. The molecule has 4 rings (SSSR count). The lowest BCUT2D eigenvalue weighted by Crippen LogP contribution is -2.26. The standard InChI is InChI=1S/C26H27N3O/c27-26(30)17-23-22-13-7-8-14-24(22)28-25(23)15-16-29(18-20-9-3-1-4-10-20)19-21-11-5-2-6-12-21/h1-14,28H,15-19H2,(H2,27,30). The Labute approximate surface area is 177 Å². The van der Waals surface area contributed by atoms with Gasteiger partial charge in [-0.3, -0.25) is 9.69 Å². The number of benzene rings is 3. The predicted octanol–water partition coefficient (Wildman–Crippen LogP) is 4.44. The molecule has 0 aliphatic rings. The van der Waals surface area contributed by atoms with Crippen molar-refractivity contribution in [2.24, 2.45) is 5.73 Å². The Bertz CT molecular complexity index is 1060. The zero-order chi connectivity index (χ0) is 20.8. The maximum atomic E-state index is 11.7. The molecule has 4 nitrogen and oxygen atoms in total. The summed E-state index contributed by atoms with van der Waals surface area (Å²) >= 11 is 0. The minimum absolute atomic E-state index is 0.261. The highest BCUT2D eigenvalue weighted by Gasteiger charge is 2.15. The monoisotopic (exact) mass is 397 g/mol. The lowest BCUT2D eigenvalue weighted by Gasteiger charge is -2.23. The second-order valence-corrected chi connectivity index (χ2v) is 7.70. The molecular weight excluding hydrogens is 370 g/mol. The van der Waals surface area contributed by atoms with Crippen molar-refractivity contribution in [2.75, 3.05) is 6.54 Å². The minimum atomic E-state index is -0.300. The van der Waals surface area contributed by atoms with Crippen molar-refractivity contribution < 1.29 is 4.79 Å². The van der Waals surface area contributed by atoms with Gasteiger partial charge in [-0.2, -0.15) is 0 Å². The molecule has 3 N–H and O–H groups in total. The SMILES string of the molecule is NC(=O)Cc1c(CCN(Cc2ccccc2)Cc2ccccc2)[nH]c2ccccc12. The molecule has 4 heteroatoms. The third-order valence-electron chi connectivity index (χ3n) is 5.43. The number of nitrogens with zero attached hydrogens (tertiary/aromatic N) is 1. The second kappa shape index (κ2) is 9.42. The van der Waals surface area contributed by atoms with Crippen LogP contribution >= 0.6 is 0 Å². The molecule has 152 valence electrons. The van der Waals surface area contributed by atoms with E-state index in [0.29, 0.717) is 0 Å². The van der Waals surface area contributed by atoms with Crippen molar-refractivity contribution >= 4 is 16.8 Å². The highest BCUT2D eigenvalue weighted by molar-refractivity contribution is 5.89. The molecule has 0 spiro atoms. The predicted molar refractivity (Wildman–Crippen MR) is 122 cm³/mol. The summed E-state index contributed by atoms with van der Waals surface area (Å²) < 4.78 is 0. The Balaban J connectivity index is 1.56. The topological polar surface area (TPSA) is 62.1 Å². The van der Waals surface area contributed by atoms with Crippen LogP contribution < -0.4 is 5.73 Å². The number of nitrogens with one attached hydrogen (secondary N) is 1. The summed E-state index contributed by atoms with van der Waals surface area (Å²) in [5.74, 6) is -0.300. The van der Waals surface area contributed by atoms with Gasteiger partial charge >= 0.3 is 0 Å². The molecule has 0 atom stereocenters. The number of hydrogen-bond acceptors (Lipinski definition) is 2. The van der Waals surface area contributed by atoms with Crippen LogP contribution in [0, 0.1) is 0 Å². The van der Waals surface area contributed by atoms with E-state index in [-0.39, 0.29) is 12.3 Å². The summed E-state index contributed by atoms with van der Waals surface area (Å²) in [7, 11) is 0. The molecule has 4 aromatic rings. The number of hydrogen-bond donors (Lipinski definition) is 2. The van der Waals surface area contributed by atoms with Crippen molar-refractivity contribution in [1.29, 1.82) is 0 Å². The summed E-state index contributed by atoms with van der Waals surface area (Å²) in [5.41, 5.74) is 11.3. The van der Waals surface area contributed by atoms with Crippen molar-refractivity contribution in [2.45, 2.75) is 25.9 Å². The van der Waals surface area contributed by atoms with Crippen LogP contribution in [0.2, 0.25) is 0 Å². The number of amides is 1. The maximum Gasteiger partial charge on any atom is 0.221 e. The van der Waals surface area contributed by atoms with E-state index >= 15 is 0 Å². The number of fused-ring (bicyclic) bond motifs is 1. The van der Waals surface area contributed by atoms with E-state index in [1.165, 1.54) is 11.1 Å². The summed E-state index contributed by atoms with van der Waals surface area (Å²) in [6, 6.07) is 29.2. The Morgan fingerprint density at radius 3 is 1.97 bits per heavy atom. The molecule has 30 heavy (non-hydrogen) atoms. The van der Waals surface area contributed by atoms with Crippen LogP contribution in [-0.4, -0.2) is 22.3 Å². The molecule has 1 aromatic heterocycles. The average molecular weight is 398 g/mol. The highest BCUT2D eigenvalue weighted by atomic mass is 16.1. The van der Waals surface area contributed by atoms with Crippen LogP contribution in [0.15, 0.2) is 84.9 Å². The van der Waals surface area contributed by atoms with Gasteiger partial charge in [0, 0.05) is 42.7 Å². The van der Waals surface area contributed by atoms with Crippen LogP contribution in [0.3, 0.4) is 0 Å². The van der Waals surface area contributed by atoms with Crippen LogP contribution in [0.25, 0.3) is 10.9 Å². The van der Waals surface area contributed by atoms with Crippen molar-refractivity contribution in [3.8, 4) is 0 Å². The molecule has 1 heterocycles. The molecule has 0 saturated carbocycles. The molecule has 3 aromatic carbocycles. The first kappa shape index (κ1) is 19.9. The third kappa shape index (κ3) is 4.97. The van der Waals surface area contributed by atoms with E-state index in [1.54, 1.807) is 0 Å². The van der Waals surface area contributed by atoms with E-state index in [9.17, 15) is 4.79 Å². The summed E-state index contributed by atoms with van der Waals surface area (Å²) in [6.45, 7) is 2.63. The number of primary amides is 1. The van der Waals surface area contributed by atoms with Crippen molar-refractivity contribution in [3.63, 3.8) is 0 Å². The lowest BCUT2D eigenvalue weighted by atomic mass is 10.0. The molecule has 1 amide bonds. The van der Waals surface area contributed by atoms with Gasteiger partial charge < -0.3 is 10.7 Å². The van der Waals surface area contributed by atoms with Crippen LogP contribution in [0.1, 0.15) is 22.4 Å². The first-order chi connectivity index (χ1) is 14.7. The summed E-state index contributed by atoms with van der Waals surface area (Å²) in [6.07, 6.45) is 1.09. The van der Waals surface area contributed by atoms with Gasteiger partial charge in [0.25, 0.3) is 0 Å². The first-order valence-electron chi connectivity index (χ1n) is 10.4. The highest BCUT2D eigenvalue weighted by Crippen LogP contribution is 2.24. The Kier molecular flexibility index (Phi) is 6.26. The molecule has 0 aliphatic carbocycles. The number of nitrogens with two attached hydrogens (primary N) is 1. The van der Waals surface area contributed by atoms with Crippen LogP contribution in [-0.2, 0) is 30.7 Å². The van der Waals surface area contributed by atoms with Gasteiger partial charge in [0.2, 0.25) is 5.91 Å². The van der Waals surface area contributed by atoms with Crippen LogP contribution in [0.4, 0.5) is 0 Å². The zero-order valence-corrected chi connectivity index (χ0v) is 17.1. The normalized spacial score (nSPS) is 11.2. The maximum absolute atomic E-state index is 11.7. The number of carbonyl (C=O) groups excluding carboxylic acids is 1. The zero-order valence-electron chi connectivity index (χ0n) is 17.1. The molecule has 0 radical (unpaired) electrons. The summed E-state index contributed by atoms with van der Waals surface area (Å²) in [5, 5.41) is 1.09. The van der Waals surface area contributed by atoms with Gasteiger partial charge in [0.1, 0.15) is 0 Å². The Morgan fingerprint density at radius 1 is 0.800 bits per heavy atom. The lowest BCUT2D eigenvalue weighted by molar-refractivity contribution is -0.117. The fraction of sp³-hybridized carbons (Fsp3) is 0.192. The average Bonchev–Trinajstić information content (AvgIpc) is 3.10. The third-order valence-corrected chi connectivity index (χ3v) is 5.43.